The van der Waals surface area contributed by atoms with Crippen LogP contribution in [0.1, 0.15) is 28.7 Å². The van der Waals surface area contributed by atoms with Gasteiger partial charge in [-0.2, -0.15) is 5.10 Å². The van der Waals surface area contributed by atoms with Crippen LogP contribution >= 0.6 is 0 Å². The van der Waals surface area contributed by atoms with Crippen LogP contribution in [0.3, 0.4) is 0 Å². The van der Waals surface area contributed by atoms with Crippen molar-refractivity contribution in [3.63, 3.8) is 0 Å². The van der Waals surface area contributed by atoms with Crippen LogP contribution in [0.2, 0.25) is 0 Å². The van der Waals surface area contributed by atoms with E-state index in [1.807, 2.05) is 30.3 Å². The predicted octanol–water partition coefficient (Wildman–Crippen LogP) is 3.02. The van der Waals surface area contributed by atoms with E-state index in [1.54, 1.807) is 42.8 Å². The number of esters is 1. The smallest absolute Gasteiger partial charge is 0.342 e. The lowest BCUT2D eigenvalue weighted by Gasteiger charge is -2.30. The fraction of sp³-hybridized carbons (Fsp3) is 0.217. The van der Waals surface area contributed by atoms with Crippen molar-refractivity contribution < 1.29 is 19.1 Å². The van der Waals surface area contributed by atoms with Gasteiger partial charge in [0.2, 0.25) is 5.91 Å². The monoisotopic (exact) mass is 418 g/mol. The summed E-state index contributed by atoms with van der Waals surface area (Å²) < 4.78 is 7.17. The highest BCUT2D eigenvalue weighted by molar-refractivity contribution is 6.11. The lowest BCUT2D eigenvalue weighted by molar-refractivity contribution is -0.128. The molecular weight excluding hydrogens is 396 g/mol. The summed E-state index contributed by atoms with van der Waals surface area (Å²) >= 11 is 0. The van der Waals surface area contributed by atoms with Gasteiger partial charge in [-0.05, 0) is 45.0 Å². The zero-order valence-electron chi connectivity index (χ0n) is 17.5. The van der Waals surface area contributed by atoms with Gasteiger partial charge in [0.15, 0.2) is 6.10 Å². The molecule has 1 aliphatic heterocycles. The minimum Gasteiger partial charge on any atom is -0.449 e. The van der Waals surface area contributed by atoms with E-state index in [4.69, 9.17) is 4.74 Å². The first-order valence-electron chi connectivity index (χ1n) is 9.89. The Kier molecular flexibility index (Phi) is 5.29. The van der Waals surface area contributed by atoms with Crippen LogP contribution < -0.4 is 10.2 Å². The lowest BCUT2D eigenvalue weighted by atomic mass is 10.1. The van der Waals surface area contributed by atoms with Gasteiger partial charge in [-0.3, -0.25) is 14.5 Å². The molecule has 1 N–H and O–H groups in total. The van der Waals surface area contributed by atoms with Crippen LogP contribution in [0.25, 0.3) is 5.69 Å². The number of anilines is 2. The van der Waals surface area contributed by atoms with Gasteiger partial charge in [-0.15, -0.1) is 0 Å². The van der Waals surface area contributed by atoms with Gasteiger partial charge in [0.05, 0.1) is 28.5 Å². The third kappa shape index (κ3) is 3.79. The second-order valence-corrected chi connectivity index (χ2v) is 7.33. The molecule has 3 aromatic rings. The summed E-state index contributed by atoms with van der Waals surface area (Å²) in [6.07, 6.45) is -1.08. The number of nitrogens with zero attached hydrogens (tertiary/aromatic N) is 3. The largest absolute Gasteiger partial charge is 0.449 e. The number of aromatic nitrogens is 2. The molecule has 31 heavy (non-hydrogen) atoms. The highest BCUT2D eigenvalue weighted by Crippen LogP contribution is 2.29. The molecule has 2 aromatic carbocycles. The highest BCUT2D eigenvalue weighted by atomic mass is 16.5. The quantitative estimate of drug-likeness (QED) is 0.658. The Morgan fingerprint density at radius 2 is 1.74 bits per heavy atom. The molecule has 0 unspecified atom stereocenters. The Labute approximate surface area is 179 Å². The minimum atomic E-state index is -1.08. The summed E-state index contributed by atoms with van der Waals surface area (Å²) in [7, 11) is 0. The average molecular weight is 418 g/mol. The van der Waals surface area contributed by atoms with Crippen molar-refractivity contribution in [3.8, 4) is 5.69 Å². The maximum absolute atomic E-state index is 13.0. The second-order valence-electron chi connectivity index (χ2n) is 7.33. The summed E-state index contributed by atoms with van der Waals surface area (Å²) in [4.78, 5) is 39.3. The van der Waals surface area contributed by atoms with E-state index in [1.165, 1.54) is 11.8 Å². The molecule has 0 spiro atoms. The number of hydrogen-bond acceptors (Lipinski definition) is 5. The van der Waals surface area contributed by atoms with Gasteiger partial charge in [0, 0.05) is 0 Å². The van der Waals surface area contributed by atoms with Gasteiger partial charge in [0.25, 0.3) is 5.91 Å². The number of carbonyl (C=O) groups excluding carboxylic acids is 3. The number of ether oxygens (including phenoxy) is 1. The van der Waals surface area contributed by atoms with Crippen LogP contribution in [0.5, 0.6) is 0 Å². The Balaban J connectivity index is 1.55. The van der Waals surface area contributed by atoms with E-state index in [0.29, 0.717) is 28.3 Å². The van der Waals surface area contributed by atoms with E-state index in [9.17, 15) is 14.4 Å². The maximum atomic E-state index is 13.0. The number of aryl methyl sites for hydroxylation is 1. The number of para-hydroxylation sites is 3. The molecule has 1 aliphatic rings. The third-order valence-electron chi connectivity index (χ3n) is 5.16. The molecule has 8 heteroatoms. The highest BCUT2D eigenvalue weighted by Gasteiger charge is 2.32. The molecule has 2 heterocycles. The van der Waals surface area contributed by atoms with E-state index in [2.05, 4.69) is 10.4 Å². The molecule has 0 fully saturated rings. The van der Waals surface area contributed by atoms with Gasteiger partial charge >= 0.3 is 5.97 Å². The molecule has 158 valence electrons. The normalized spacial score (nSPS) is 13.9. The van der Waals surface area contributed by atoms with E-state index in [0.717, 1.165) is 5.69 Å². The van der Waals surface area contributed by atoms with Gasteiger partial charge in [-0.25, -0.2) is 9.48 Å². The van der Waals surface area contributed by atoms with Crippen LogP contribution in [0.15, 0.2) is 54.6 Å². The number of nitrogens with one attached hydrogen (secondary N) is 1. The molecule has 0 aliphatic carbocycles. The summed E-state index contributed by atoms with van der Waals surface area (Å²) in [6.45, 7) is 4.87. The molecule has 1 aromatic heterocycles. The first kappa shape index (κ1) is 20.3. The molecule has 8 nitrogen and oxygen atoms in total. The summed E-state index contributed by atoms with van der Waals surface area (Å²) in [5.41, 5.74) is 3.38. The SMILES string of the molecule is Cc1nn(-c2ccccc2)c(C)c1C(=O)O[C@H](C)C(=O)N1CC(=O)Nc2ccccc21. The molecule has 1 atom stereocenters. The van der Waals surface area contributed by atoms with Crippen molar-refractivity contribution in [1.82, 2.24) is 9.78 Å². The fourth-order valence-electron chi connectivity index (χ4n) is 3.68. The standard InChI is InChI=1S/C23H22N4O4/c1-14-21(15(2)27(25-14)17-9-5-4-6-10-17)23(30)31-16(3)22(29)26-13-20(28)24-18-11-7-8-12-19(18)26/h4-12,16H,13H2,1-3H3,(H,24,28)/t16-/m1/s1. The third-order valence-corrected chi connectivity index (χ3v) is 5.16. The number of fused-ring (bicyclic) bond motifs is 1. The van der Waals surface area contributed by atoms with Crippen molar-refractivity contribution in [1.29, 1.82) is 0 Å². The van der Waals surface area contributed by atoms with Crippen molar-refractivity contribution in [2.75, 3.05) is 16.8 Å². The van der Waals surface area contributed by atoms with Crippen molar-refractivity contribution in [2.24, 2.45) is 0 Å². The molecule has 4 rings (SSSR count). The zero-order valence-corrected chi connectivity index (χ0v) is 17.5. The molecular formula is C23H22N4O4. The topological polar surface area (TPSA) is 93.5 Å². The lowest BCUT2D eigenvalue weighted by Crippen LogP contribution is -2.47. The number of hydrogen-bond donors (Lipinski definition) is 1. The summed E-state index contributed by atoms with van der Waals surface area (Å²) in [5, 5.41) is 7.18. The molecule has 0 radical (unpaired) electrons. The Hall–Kier alpha value is -3.94. The van der Waals surface area contributed by atoms with E-state index in [-0.39, 0.29) is 12.5 Å². The van der Waals surface area contributed by atoms with Gasteiger partial charge in [0.1, 0.15) is 12.1 Å². The van der Waals surface area contributed by atoms with Gasteiger partial charge in [-0.1, -0.05) is 30.3 Å². The zero-order chi connectivity index (χ0) is 22.1. The average Bonchev–Trinajstić information content (AvgIpc) is 3.07. The number of carbonyl (C=O) groups is 3. The van der Waals surface area contributed by atoms with Crippen LogP contribution in [-0.2, 0) is 14.3 Å². The first-order valence-corrected chi connectivity index (χ1v) is 9.89. The molecule has 0 saturated carbocycles. The fourth-order valence-corrected chi connectivity index (χ4v) is 3.68. The Bertz CT molecular complexity index is 1170. The van der Waals surface area contributed by atoms with E-state index < -0.39 is 18.0 Å². The van der Waals surface area contributed by atoms with Crippen molar-refractivity contribution in [2.45, 2.75) is 26.9 Å². The van der Waals surface area contributed by atoms with E-state index >= 15 is 0 Å². The van der Waals surface area contributed by atoms with Crippen molar-refractivity contribution in [3.05, 3.63) is 71.5 Å². The summed E-state index contributed by atoms with van der Waals surface area (Å²) in [5.74, 6) is -1.41. The van der Waals surface area contributed by atoms with Crippen LogP contribution in [-0.4, -0.2) is 40.2 Å². The maximum Gasteiger partial charge on any atom is 0.342 e. The Morgan fingerprint density at radius 3 is 2.48 bits per heavy atom. The molecule has 0 saturated heterocycles. The molecule has 2 amide bonds. The van der Waals surface area contributed by atoms with Crippen LogP contribution in [0.4, 0.5) is 11.4 Å². The van der Waals surface area contributed by atoms with Crippen LogP contribution in [0, 0.1) is 13.8 Å². The first-order chi connectivity index (χ1) is 14.9. The minimum absolute atomic E-state index is 0.137. The number of rotatable bonds is 4. The predicted molar refractivity (Wildman–Crippen MR) is 115 cm³/mol. The second kappa shape index (κ2) is 8.06. The van der Waals surface area contributed by atoms with Crippen molar-refractivity contribution >= 4 is 29.2 Å². The molecule has 0 bridgehead atoms. The van der Waals surface area contributed by atoms with Gasteiger partial charge < -0.3 is 10.1 Å². The number of amides is 2. The summed E-state index contributed by atoms with van der Waals surface area (Å²) in [6, 6.07) is 16.4. The Morgan fingerprint density at radius 1 is 1.06 bits per heavy atom. The number of benzene rings is 2.